The van der Waals surface area contributed by atoms with Crippen molar-refractivity contribution < 1.29 is 23.9 Å². The highest BCUT2D eigenvalue weighted by atomic mass is 16.5. The van der Waals surface area contributed by atoms with Crippen LogP contribution in [0.2, 0.25) is 0 Å². The summed E-state index contributed by atoms with van der Waals surface area (Å²) in [6, 6.07) is 7.37. The molecule has 0 bridgehead atoms. The Morgan fingerprint density at radius 1 is 1.26 bits per heavy atom. The number of anilines is 1. The van der Waals surface area contributed by atoms with Gasteiger partial charge in [0, 0.05) is 12.6 Å². The van der Waals surface area contributed by atoms with Gasteiger partial charge < -0.3 is 19.7 Å². The van der Waals surface area contributed by atoms with Crippen molar-refractivity contribution in [1.82, 2.24) is 5.32 Å². The van der Waals surface area contributed by atoms with Crippen molar-refractivity contribution in [3.8, 4) is 5.75 Å². The first-order chi connectivity index (χ1) is 13.0. The number of carbonyl (C=O) groups is 3. The van der Waals surface area contributed by atoms with Gasteiger partial charge >= 0.3 is 5.97 Å². The fraction of sp³-hybridized carbons (Fsp3) is 0.550. The summed E-state index contributed by atoms with van der Waals surface area (Å²) in [5, 5.41) is 2.95. The molecule has 1 heterocycles. The SMILES string of the molecule is C[C@@H](OC(=O)CCN1C(=O)COc2ccccc21)C(=O)NC1CCCCC1. The Labute approximate surface area is 159 Å². The maximum absolute atomic E-state index is 12.2. The van der Waals surface area contributed by atoms with E-state index in [0.29, 0.717) is 11.4 Å². The Bertz CT molecular complexity index is 699. The minimum absolute atomic E-state index is 0.0150. The Morgan fingerprint density at radius 2 is 2.00 bits per heavy atom. The lowest BCUT2D eigenvalue weighted by Crippen LogP contribution is -2.43. The maximum atomic E-state index is 12.2. The van der Waals surface area contributed by atoms with Gasteiger partial charge in [-0.15, -0.1) is 0 Å². The molecule has 1 aromatic rings. The van der Waals surface area contributed by atoms with E-state index < -0.39 is 12.1 Å². The molecule has 7 nitrogen and oxygen atoms in total. The molecule has 0 spiro atoms. The van der Waals surface area contributed by atoms with E-state index >= 15 is 0 Å². The summed E-state index contributed by atoms with van der Waals surface area (Å²) < 4.78 is 10.6. The van der Waals surface area contributed by atoms with Crippen LogP contribution in [0.15, 0.2) is 24.3 Å². The third-order valence-corrected chi connectivity index (χ3v) is 4.98. The summed E-state index contributed by atoms with van der Waals surface area (Å²) in [4.78, 5) is 38.0. The normalized spacial score (nSPS) is 18.3. The molecule has 0 saturated heterocycles. The van der Waals surface area contributed by atoms with Crippen molar-refractivity contribution in [2.24, 2.45) is 0 Å². The van der Waals surface area contributed by atoms with Crippen molar-refractivity contribution in [1.29, 1.82) is 0 Å². The molecule has 27 heavy (non-hydrogen) atoms. The highest BCUT2D eigenvalue weighted by Gasteiger charge is 2.27. The van der Waals surface area contributed by atoms with Gasteiger partial charge in [0.15, 0.2) is 12.7 Å². The first-order valence-corrected chi connectivity index (χ1v) is 9.56. The van der Waals surface area contributed by atoms with Gasteiger partial charge in [0.1, 0.15) is 5.75 Å². The number of hydrogen-bond donors (Lipinski definition) is 1. The summed E-state index contributed by atoms with van der Waals surface area (Å²) in [7, 11) is 0. The highest BCUT2D eigenvalue weighted by molar-refractivity contribution is 5.98. The van der Waals surface area contributed by atoms with Gasteiger partial charge in [-0.3, -0.25) is 14.4 Å². The fourth-order valence-electron chi connectivity index (χ4n) is 3.48. The smallest absolute Gasteiger partial charge is 0.308 e. The minimum Gasteiger partial charge on any atom is -0.482 e. The molecule has 146 valence electrons. The van der Waals surface area contributed by atoms with Gasteiger partial charge in [-0.05, 0) is 31.9 Å². The van der Waals surface area contributed by atoms with Gasteiger partial charge in [0.25, 0.3) is 11.8 Å². The van der Waals surface area contributed by atoms with Crippen molar-refractivity contribution in [3.05, 3.63) is 24.3 Å². The molecule has 1 atom stereocenters. The van der Waals surface area contributed by atoms with E-state index in [1.165, 1.54) is 11.3 Å². The maximum Gasteiger partial charge on any atom is 0.308 e. The van der Waals surface area contributed by atoms with Crippen molar-refractivity contribution in [2.75, 3.05) is 18.1 Å². The molecular weight excluding hydrogens is 348 g/mol. The molecule has 2 aliphatic rings. The second-order valence-corrected chi connectivity index (χ2v) is 7.03. The lowest BCUT2D eigenvalue weighted by molar-refractivity contribution is -0.155. The predicted molar refractivity (Wildman–Crippen MR) is 99.5 cm³/mol. The van der Waals surface area contributed by atoms with Crippen molar-refractivity contribution >= 4 is 23.5 Å². The van der Waals surface area contributed by atoms with Gasteiger partial charge in [0.2, 0.25) is 0 Å². The van der Waals surface area contributed by atoms with Crippen LogP contribution in [0.3, 0.4) is 0 Å². The van der Waals surface area contributed by atoms with E-state index in [-0.39, 0.29) is 37.4 Å². The number of fused-ring (bicyclic) bond motifs is 1. The van der Waals surface area contributed by atoms with E-state index in [9.17, 15) is 14.4 Å². The highest BCUT2D eigenvalue weighted by Crippen LogP contribution is 2.31. The van der Waals surface area contributed by atoms with Crippen LogP contribution in [0.5, 0.6) is 5.75 Å². The number of para-hydroxylation sites is 2. The lowest BCUT2D eigenvalue weighted by Gasteiger charge is -2.29. The standard InChI is InChI=1S/C20H26N2O5/c1-14(20(25)21-15-7-3-2-4-8-15)27-19(24)11-12-22-16-9-5-6-10-17(16)26-13-18(22)23/h5-6,9-10,14-15H,2-4,7-8,11-13H2,1H3,(H,21,25)/t14-/m1/s1. The first kappa shape index (κ1) is 19.2. The topological polar surface area (TPSA) is 84.9 Å². The Kier molecular flexibility index (Phi) is 6.32. The van der Waals surface area contributed by atoms with Crippen LogP contribution < -0.4 is 15.0 Å². The van der Waals surface area contributed by atoms with Crippen LogP contribution in [-0.4, -0.2) is 43.1 Å². The van der Waals surface area contributed by atoms with E-state index in [0.717, 1.165) is 25.7 Å². The van der Waals surface area contributed by atoms with Crippen LogP contribution in [0.25, 0.3) is 0 Å². The molecule has 0 unspecified atom stereocenters. The molecule has 2 amide bonds. The van der Waals surface area contributed by atoms with Crippen LogP contribution in [0, 0.1) is 0 Å². The van der Waals surface area contributed by atoms with Crippen molar-refractivity contribution in [2.45, 2.75) is 57.6 Å². The van der Waals surface area contributed by atoms with Gasteiger partial charge in [-0.2, -0.15) is 0 Å². The largest absolute Gasteiger partial charge is 0.482 e. The zero-order valence-corrected chi connectivity index (χ0v) is 15.6. The Hall–Kier alpha value is -2.57. The zero-order valence-electron chi connectivity index (χ0n) is 15.6. The number of rotatable bonds is 6. The Morgan fingerprint density at radius 3 is 2.78 bits per heavy atom. The Balaban J connectivity index is 1.48. The molecular formula is C20H26N2O5. The summed E-state index contributed by atoms with van der Waals surface area (Å²) in [6.45, 7) is 1.71. The van der Waals surface area contributed by atoms with Crippen LogP contribution in [0.4, 0.5) is 5.69 Å². The zero-order chi connectivity index (χ0) is 19.2. The molecule has 1 saturated carbocycles. The number of benzene rings is 1. The van der Waals surface area contributed by atoms with Crippen molar-refractivity contribution in [3.63, 3.8) is 0 Å². The van der Waals surface area contributed by atoms with Gasteiger partial charge in [-0.25, -0.2) is 0 Å². The monoisotopic (exact) mass is 374 g/mol. The van der Waals surface area contributed by atoms with Gasteiger partial charge in [0.05, 0.1) is 12.1 Å². The second kappa shape index (κ2) is 8.88. The van der Waals surface area contributed by atoms with Crippen LogP contribution in [0.1, 0.15) is 45.4 Å². The summed E-state index contributed by atoms with van der Waals surface area (Å²) in [5.41, 5.74) is 0.643. The molecule has 3 rings (SSSR count). The van der Waals surface area contributed by atoms with E-state index in [1.54, 1.807) is 19.1 Å². The molecule has 1 N–H and O–H groups in total. The summed E-state index contributed by atoms with van der Waals surface area (Å²) in [6.07, 6.45) is 4.58. The average molecular weight is 374 g/mol. The third-order valence-electron chi connectivity index (χ3n) is 4.98. The number of amides is 2. The second-order valence-electron chi connectivity index (χ2n) is 7.03. The quantitative estimate of drug-likeness (QED) is 0.772. The number of nitrogens with one attached hydrogen (secondary N) is 1. The van der Waals surface area contributed by atoms with E-state index in [2.05, 4.69) is 5.32 Å². The molecule has 1 aromatic carbocycles. The third kappa shape index (κ3) is 4.99. The van der Waals surface area contributed by atoms with Gasteiger partial charge in [-0.1, -0.05) is 31.4 Å². The van der Waals surface area contributed by atoms with E-state index in [4.69, 9.17) is 9.47 Å². The number of esters is 1. The minimum atomic E-state index is -0.841. The number of ether oxygens (including phenoxy) is 2. The molecule has 0 radical (unpaired) electrons. The number of carbonyl (C=O) groups excluding carboxylic acids is 3. The molecule has 0 aromatic heterocycles. The molecule has 7 heteroatoms. The summed E-state index contributed by atoms with van der Waals surface area (Å²) in [5.74, 6) is -0.351. The van der Waals surface area contributed by atoms with Crippen LogP contribution in [-0.2, 0) is 19.1 Å². The summed E-state index contributed by atoms with van der Waals surface area (Å²) >= 11 is 0. The first-order valence-electron chi connectivity index (χ1n) is 9.56. The average Bonchev–Trinajstić information content (AvgIpc) is 2.68. The van der Waals surface area contributed by atoms with Crippen LogP contribution >= 0.6 is 0 Å². The molecule has 1 aliphatic carbocycles. The van der Waals surface area contributed by atoms with E-state index in [1.807, 2.05) is 12.1 Å². The predicted octanol–water partition coefficient (Wildman–Crippen LogP) is 2.18. The number of hydrogen-bond acceptors (Lipinski definition) is 5. The molecule has 1 fully saturated rings. The number of nitrogens with zero attached hydrogens (tertiary/aromatic N) is 1. The lowest BCUT2D eigenvalue weighted by atomic mass is 9.95. The fourth-order valence-corrected chi connectivity index (χ4v) is 3.48. The molecule has 1 aliphatic heterocycles.